The average Bonchev–Trinajstić information content (AvgIpc) is 2.98. The molecule has 1 unspecified atom stereocenters. The number of pyridine rings is 1. The molecule has 1 saturated heterocycles. The van der Waals surface area contributed by atoms with Crippen molar-refractivity contribution < 1.29 is 4.79 Å². The minimum absolute atomic E-state index is 0.188. The molecule has 0 radical (unpaired) electrons. The lowest BCUT2D eigenvalue weighted by Gasteiger charge is -2.07. The van der Waals surface area contributed by atoms with Crippen molar-refractivity contribution in [1.82, 2.24) is 10.3 Å². The minimum atomic E-state index is 0.188. The second-order valence-corrected chi connectivity index (χ2v) is 7.82. The molecular formula is C15H22N2OS2. The van der Waals surface area contributed by atoms with Gasteiger partial charge in [-0.25, -0.2) is 0 Å². The van der Waals surface area contributed by atoms with Gasteiger partial charge in [-0.1, -0.05) is 28.0 Å². The average molecular weight is 310 g/mol. The molecule has 1 N–H and O–H groups in total. The number of nitrogens with one attached hydrogen (secondary N) is 1. The van der Waals surface area contributed by atoms with Gasteiger partial charge in [0.05, 0.1) is 0 Å². The Kier molecular flexibility index (Phi) is 7.30. The van der Waals surface area contributed by atoms with Crippen LogP contribution in [-0.4, -0.2) is 28.4 Å². The van der Waals surface area contributed by atoms with E-state index in [1.807, 2.05) is 33.7 Å². The number of nitrogens with zero attached hydrogens (tertiary/aromatic N) is 1. The fourth-order valence-corrected chi connectivity index (χ4v) is 5.23. The molecule has 1 aromatic rings. The summed E-state index contributed by atoms with van der Waals surface area (Å²) in [7, 11) is 4.01. The van der Waals surface area contributed by atoms with Crippen molar-refractivity contribution in [1.29, 1.82) is 0 Å². The minimum Gasteiger partial charge on any atom is -0.356 e. The van der Waals surface area contributed by atoms with Crippen LogP contribution in [0.5, 0.6) is 0 Å². The summed E-state index contributed by atoms with van der Waals surface area (Å²) in [6, 6.07) is 3.98. The Morgan fingerprint density at radius 1 is 1.35 bits per heavy atom. The monoisotopic (exact) mass is 310 g/mol. The van der Waals surface area contributed by atoms with Crippen LogP contribution in [0.3, 0.4) is 0 Å². The summed E-state index contributed by atoms with van der Waals surface area (Å²) in [6.07, 6.45) is 9.92. The molecule has 1 atom stereocenters. The van der Waals surface area contributed by atoms with Crippen LogP contribution in [0.1, 0.15) is 37.7 Å². The topological polar surface area (TPSA) is 42.0 Å². The van der Waals surface area contributed by atoms with E-state index in [0.29, 0.717) is 6.42 Å². The Morgan fingerprint density at radius 2 is 2.20 bits per heavy atom. The smallest absolute Gasteiger partial charge is 0.220 e. The molecule has 0 aliphatic carbocycles. The fourth-order valence-electron chi connectivity index (χ4n) is 2.21. The van der Waals surface area contributed by atoms with Crippen molar-refractivity contribution >= 4 is 27.5 Å². The van der Waals surface area contributed by atoms with Crippen molar-refractivity contribution in [3.8, 4) is 0 Å². The van der Waals surface area contributed by atoms with Gasteiger partial charge in [0.15, 0.2) is 0 Å². The molecule has 0 saturated carbocycles. The molecule has 1 aliphatic heterocycles. The zero-order valence-corrected chi connectivity index (χ0v) is 13.3. The quantitative estimate of drug-likeness (QED) is 0.590. The molecule has 20 heavy (non-hydrogen) atoms. The van der Waals surface area contributed by atoms with Crippen molar-refractivity contribution in [2.75, 3.05) is 12.3 Å². The van der Waals surface area contributed by atoms with Crippen molar-refractivity contribution in [3.63, 3.8) is 0 Å². The number of aromatic nitrogens is 1. The Hall–Kier alpha value is -0.680. The van der Waals surface area contributed by atoms with Crippen LogP contribution in [0.4, 0.5) is 0 Å². The van der Waals surface area contributed by atoms with Gasteiger partial charge in [-0.3, -0.25) is 9.78 Å². The third-order valence-corrected chi connectivity index (χ3v) is 6.40. The van der Waals surface area contributed by atoms with Crippen molar-refractivity contribution in [2.24, 2.45) is 0 Å². The molecule has 0 aromatic carbocycles. The Bertz CT molecular complexity index is 394. The van der Waals surface area contributed by atoms with Gasteiger partial charge in [-0.05, 0) is 43.4 Å². The molecular weight excluding hydrogens is 288 g/mol. The zero-order valence-electron chi connectivity index (χ0n) is 11.7. The van der Waals surface area contributed by atoms with Crippen LogP contribution < -0.4 is 5.32 Å². The number of rotatable bonds is 8. The number of carbonyl (C=O) groups is 1. The number of carbonyl (C=O) groups excluding carboxylic acids is 1. The molecule has 1 fully saturated rings. The van der Waals surface area contributed by atoms with E-state index in [0.717, 1.165) is 24.6 Å². The van der Waals surface area contributed by atoms with E-state index in [9.17, 15) is 4.79 Å². The number of hydrogen-bond donors (Lipinski definition) is 1. The summed E-state index contributed by atoms with van der Waals surface area (Å²) in [4.78, 5) is 15.7. The highest BCUT2D eigenvalue weighted by atomic mass is 33.1. The van der Waals surface area contributed by atoms with E-state index in [4.69, 9.17) is 0 Å². The zero-order chi connectivity index (χ0) is 14.0. The van der Waals surface area contributed by atoms with Gasteiger partial charge in [0.1, 0.15) is 0 Å². The highest BCUT2D eigenvalue weighted by Gasteiger charge is 2.15. The first kappa shape index (κ1) is 15.7. The lowest BCUT2D eigenvalue weighted by Crippen LogP contribution is -2.25. The van der Waals surface area contributed by atoms with Crippen LogP contribution in [0.2, 0.25) is 0 Å². The molecule has 2 rings (SSSR count). The highest BCUT2D eigenvalue weighted by Crippen LogP contribution is 2.39. The molecule has 0 bridgehead atoms. The third kappa shape index (κ3) is 6.18. The Balaban J connectivity index is 1.48. The van der Waals surface area contributed by atoms with Crippen LogP contribution in [-0.2, 0) is 11.2 Å². The first-order valence-electron chi connectivity index (χ1n) is 7.28. The highest BCUT2D eigenvalue weighted by molar-refractivity contribution is 8.77. The molecule has 1 amide bonds. The predicted octanol–water partition coefficient (Wildman–Crippen LogP) is 3.45. The second-order valence-electron chi connectivity index (χ2n) is 5.03. The van der Waals surface area contributed by atoms with Gasteiger partial charge in [0.25, 0.3) is 0 Å². The maximum absolute atomic E-state index is 11.7. The van der Waals surface area contributed by atoms with Gasteiger partial charge in [-0.15, -0.1) is 0 Å². The number of unbranched alkanes of at least 4 members (excludes halogenated alkanes) is 1. The lowest BCUT2D eigenvalue weighted by molar-refractivity contribution is -0.121. The van der Waals surface area contributed by atoms with Crippen molar-refractivity contribution in [2.45, 2.75) is 43.8 Å². The normalized spacial score (nSPS) is 18.1. The van der Waals surface area contributed by atoms with Gasteiger partial charge in [0.2, 0.25) is 5.91 Å². The first-order chi connectivity index (χ1) is 9.84. The molecule has 2 heterocycles. The number of hydrogen-bond acceptors (Lipinski definition) is 4. The van der Waals surface area contributed by atoms with E-state index in [-0.39, 0.29) is 5.91 Å². The standard InChI is InChI=1S/C15H22N2OS2/c18-15(4-2-1-3-14-8-12-19-20-14)17-11-7-13-5-9-16-10-6-13/h5-6,9-10,14H,1-4,7-8,11-12H2,(H,17,18). The first-order valence-corrected chi connectivity index (χ1v) is 9.66. The summed E-state index contributed by atoms with van der Waals surface area (Å²) in [5, 5.41) is 3.82. The van der Waals surface area contributed by atoms with Crippen LogP contribution in [0, 0.1) is 0 Å². The largest absolute Gasteiger partial charge is 0.356 e. The van der Waals surface area contributed by atoms with E-state index in [1.165, 1.54) is 30.6 Å². The fraction of sp³-hybridized carbons (Fsp3) is 0.600. The maximum Gasteiger partial charge on any atom is 0.220 e. The van der Waals surface area contributed by atoms with E-state index >= 15 is 0 Å². The molecule has 1 aromatic heterocycles. The SMILES string of the molecule is O=C(CCCCC1CCSS1)NCCc1ccncc1. The predicted molar refractivity (Wildman–Crippen MR) is 87.9 cm³/mol. The Morgan fingerprint density at radius 3 is 2.95 bits per heavy atom. The molecule has 3 nitrogen and oxygen atoms in total. The van der Waals surface area contributed by atoms with Gasteiger partial charge in [-0.2, -0.15) is 0 Å². The maximum atomic E-state index is 11.7. The summed E-state index contributed by atoms with van der Waals surface area (Å²) in [5.74, 6) is 1.48. The van der Waals surface area contributed by atoms with Crippen LogP contribution >= 0.6 is 21.6 Å². The third-order valence-electron chi connectivity index (χ3n) is 3.39. The van der Waals surface area contributed by atoms with E-state index in [2.05, 4.69) is 10.3 Å². The lowest BCUT2D eigenvalue weighted by atomic mass is 10.1. The van der Waals surface area contributed by atoms with Crippen molar-refractivity contribution in [3.05, 3.63) is 30.1 Å². The molecule has 0 spiro atoms. The van der Waals surface area contributed by atoms with Crippen LogP contribution in [0.25, 0.3) is 0 Å². The molecule has 5 heteroatoms. The van der Waals surface area contributed by atoms with Gasteiger partial charge < -0.3 is 5.32 Å². The van der Waals surface area contributed by atoms with Crippen LogP contribution in [0.15, 0.2) is 24.5 Å². The Labute approximate surface area is 129 Å². The summed E-state index contributed by atoms with van der Waals surface area (Å²) in [5.41, 5.74) is 1.22. The van der Waals surface area contributed by atoms with E-state index in [1.54, 1.807) is 12.4 Å². The number of amides is 1. The van der Waals surface area contributed by atoms with E-state index < -0.39 is 0 Å². The summed E-state index contributed by atoms with van der Waals surface area (Å²) >= 11 is 0. The molecule has 1 aliphatic rings. The summed E-state index contributed by atoms with van der Waals surface area (Å²) < 4.78 is 0. The molecule has 110 valence electrons. The van der Waals surface area contributed by atoms with Gasteiger partial charge in [0, 0.05) is 36.4 Å². The van der Waals surface area contributed by atoms with Gasteiger partial charge >= 0.3 is 0 Å². The summed E-state index contributed by atoms with van der Waals surface area (Å²) in [6.45, 7) is 0.720. The second kappa shape index (κ2) is 9.29.